The van der Waals surface area contributed by atoms with Crippen LogP contribution in [0.4, 0.5) is 5.69 Å². The second-order valence-electron chi connectivity index (χ2n) is 4.29. The van der Waals surface area contributed by atoms with Gasteiger partial charge in [0.05, 0.1) is 22.4 Å². The maximum atomic E-state index is 4.38. The smallest absolute Gasteiger partial charge is 0.0739 e. The number of halogens is 2. The number of rotatable bonds is 3. The molecular weight excluding hydrogens is 358 g/mol. The molecule has 1 heterocycles. The SMILES string of the molecule is Cc1ccc(NCc2c(Br)c(C)nn2C)cc1Br. The Morgan fingerprint density at radius 1 is 1.28 bits per heavy atom. The number of nitrogens with one attached hydrogen (secondary N) is 1. The highest BCUT2D eigenvalue weighted by molar-refractivity contribution is 9.10. The van der Waals surface area contributed by atoms with Crippen molar-refractivity contribution < 1.29 is 0 Å². The van der Waals surface area contributed by atoms with Crippen molar-refractivity contribution in [2.24, 2.45) is 7.05 Å². The lowest BCUT2D eigenvalue weighted by molar-refractivity contribution is 0.712. The Morgan fingerprint density at radius 3 is 2.56 bits per heavy atom. The molecule has 0 radical (unpaired) electrons. The summed E-state index contributed by atoms with van der Waals surface area (Å²) in [4.78, 5) is 0. The van der Waals surface area contributed by atoms with Gasteiger partial charge in [-0.3, -0.25) is 4.68 Å². The van der Waals surface area contributed by atoms with Crippen molar-refractivity contribution >= 4 is 37.5 Å². The van der Waals surface area contributed by atoms with Crippen molar-refractivity contribution in [2.45, 2.75) is 20.4 Å². The number of benzene rings is 1. The molecule has 0 aliphatic rings. The van der Waals surface area contributed by atoms with Crippen molar-refractivity contribution in [2.75, 3.05) is 5.32 Å². The molecule has 5 heteroatoms. The molecule has 3 nitrogen and oxygen atoms in total. The van der Waals surface area contributed by atoms with Crippen LogP contribution in [0.1, 0.15) is 17.0 Å². The highest BCUT2D eigenvalue weighted by Gasteiger charge is 2.10. The van der Waals surface area contributed by atoms with Crippen LogP contribution in [0, 0.1) is 13.8 Å². The Morgan fingerprint density at radius 2 is 2.00 bits per heavy atom. The third-order valence-corrected chi connectivity index (χ3v) is 4.78. The second-order valence-corrected chi connectivity index (χ2v) is 5.93. The monoisotopic (exact) mass is 371 g/mol. The van der Waals surface area contributed by atoms with Crippen LogP contribution in [0.5, 0.6) is 0 Å². The van der Waals surface area contributed by atoms with Gasteiger partial charge in [0, 0.05) is 17.2 Å². The maximum Gasteiger partial charge on any atom is 0.0739 e. The molecule has 2 rings (SSSR count). The number of hydrogen-bond acceptors (Lipinski definition) is 2. The molecule has 0 aliphatic heterocycles. The molecule has 1 aromatic carbocycles. The first-order chi connectivity index (χ1) is 8.49. The van der Waals surface area contributed by atoms with Crippen molar-refractivity contribution in [1.29, 1.82) is 0 Å². The van der Waals surface area contributed by atoms with Crippen molar-refractivity contribution in [3.8, 4) is 0 Å². The Kier molecular flexibility index (Phi) is 4.12. The van der Waals surface area contributed by atoms with Crippen LogP contribution in [0.2, 0.25) is 0 Å². The van der Waals surface area contributed by atoms with Gasteiger partial charge in [-0.1, -0.05) is 22.0 Å². The molecule has 0 spiro atoms. The predicted molar refractivity (Wildman–Crippen MR) is 81.9 cm³/mol. The molecular formula is C13H15Br2N3. The van der Waals surface area contributed by atoms with Gasteiger partial charge in [0.25, 0.3) is 0 Å². The van der Waals surface area contributed by atoms with Crippen molar-refractivity contribution in [1.82, 2.24) is 9.78 Å². The summed E-state index contributed by atoms with van der Waals surface area (Å²) in [6.07, 6.45) is 0. The zero-order valence-electron chi connectivity index (χ0n) is 10.6. The predicted octanol–water partition coefficient (Wildman–Crippen LogP) is 4.17. The first-order valence-electron chi connectivity index (χ1n) is 5.67. The normalized spacial score (nSPS) is 10.7. The van der Waals surface area contributed by atoms with Crippen LogP contribution in [-0.4, -0.2) is 9.78 Å². The van der Waals surface area contributed by atoms with Gasteiger partial charge >= 0.3 is 0 Å². The molecule has 1 N–H and O–H groups in total. The van der Waals surface area contributed by atoms with E-state index in [9.17, 15) is 0 Å². The fraction of sp³-hybridized carbons (Fsp3) is 0.308. The van der Waals surface area contributed by atoms with E-state index in [-0.39, 0.29) is 0 Å². The lowest BCUT2D eigenvalue weighted by atomic mass is 10.2. The summed E-state index contributed by atoms with van der Waals surface area (Å²) < 4.78 is 4.09. The van der Waals surface area contributed by atoms with E-state index < -0.39 is 0 Å². The minimum atomic E-state index is 0.743. The molecule has 1 aromatic heterocycles. The van der Waals surface area contributed by atoms with Crippen LogP contribution in [0.3, 0.4) is 0 Å². The van der Waals surface area contributed by atoms with Gasteiger partial charge < -0.3 is 5.32 Å². The summed E-state index contributed by atoms with van der Waals surface area (Å²) in [5, 5.41) is 7.78. The average molecular weight is 373 g/mol. The largest absolute Gasteiger partial charge is 0.379 e. The Balaban J connectivity index is 2.14. The lowest BCUT2D eigenvalue weighted by Gasteiger charge is -2.09. The molecule has 2 aromatic rings. The van der Waals surface area contributed by atoms with Gasteiger partial charge in [0.2, 0.25) is 0 Å². The highest BCUT2D eigenvalue weighted by atomic mass is 79.9. The Hall–Kier alpha value is -0.810. The fourth-order valence-electron chi connectivity index (χ4n) is 1.76. The van der Waals surface area contributed by atoms with Gasteiger partial charge in [0.15, 0.2) is 0 Å². The number of aryl methyl sites for hydroxylation is 3. The number of anilines is 1. The summed E-state index contributed by atoms with van der Waals surface area (Å²) in [6, 6.07) is 6.26. The first-order valence-corrected chi connectivity index (χ1v) is 7.25. The first kappa shape index (κ1) is 13.6. The zero-order valence-corrected chi connectivity index (χ0v) is 13.8. The molecule has 0 unspecified atom stereocenters. The van der Waals surface area contributed by atoms with Gasteiger partial charge in [0.1, 0.15) is 0 Å². The van der Waals surface area contributed by atoms with Gasteiger partial charge in [-0.25, -0.2) is 0 Å². The fourth-order valence-corrected chi connectivity index (χ4v) is 2.62. The molecule has 0 fully saturated rings. The minimum Gasteiger partial charge on any atom is -0.379 e. The zero-order chi connectivity index (χ0) is 13.3. The van der Waals surface area contributed by atoms with E-state index in [2.05, 4.69) is 67.4 Å². The van der Waals surface area contributed by atoms with Gasteiger partial charge in [-0.2, -0.15) is 5.10 Å². The van der Waals surface area contributed by atoms with E-state index in [1.807, 2.05) is 18.7 Å². The third kappa shape index (κ3) is 2.78. The van der Waals surface area contributed by atoms with E-state index in [0.717, 1.165) is 32.6 Å². The van der Waals surface area contributed by atoms with E-state index in [0.29, 0.717) is 0 Å². The molecule has 0 aliphatic carbocycles. The molecule has 0 bridgehead atoms. The quantitative estimate of drug-likeness (QED) is 0.875. The molecule has 0 atom stereocenters. The Bertz CT molecular complexity index is 576. The van der Waals surface area contributed by atoms with Crippen molar-refractivity contribution in [3.05, 3.63) is 44.1 Å². The van der Waals surface area contributed by atoms with E-state index in [1.54, 1.807) is 0 Å². The molecule has 18 heavy (non-hydrogen) atoms. The summed E-state index contributed by atoms with van der Waals surface area (Å²) in [7, 11) is 1.96. The molecule has 0 amide bonds. The van der Waals surface area contributed by atoms with Crippen LogP contribution in [-0.2, 0) is 13.6 Å². The lowest BCUT2D eigenvalue weighted by Crippen LogP contribution is -2.06. The average Bonchev–Trinajstić information content (AvgIpc) is 2.56. The summed E-state index contributed by atoms with van der Waals surface area (Å²) in [5.74, 6) is 0. The van der Waals surface area contributed by atoms with Crippen molar-refractivity contribution in [3.63, 3.8) is 0 Å². The third-order valence-electron chi connectivity index (χ3n) is 2.89. The van der Waals surface area contributed by atoms with E-state index in [1.165, 1.54) is 5.56 Å². The molecule has 96 valence electrons. The van der Waals surface area contributed by atoms with Gasteiger partial charge in [-0.05, 0) is 47.5 Å². The van der Waals surface area contributed by atoms with Gasteiger partial charge in [-0.15, -0.1) is 0 Å². The number of nitrogens with zero attached hydrogens (tertiary/aromatic N) is 2. The summed E-state index contributed by atoms with van der Waals surface area (Å²) in [6.45, 7) is 4.82. The topological polar surface area (TPSA) is 29.9 Å². The number of hydrogen-bond donors (Lipinski definition) is 1. The molecule has 0 saturated heterocycles. The van der Waals surface area contributed by atoms with Crippen LogP contribution in [0.15, 0.2) is 27.1 Å². The van der Waals surface area contributed by atoms with E-state index >= 15 is 0 Å². The van der Waals surface area contributed by atoms with E-state index in [4.69, 9.17) is 0 Å². The van der Waals surface area contributed by atoms with Crippen LogP contribution < -0.4 is 5.32 Å². The summed E-state index contributed by atoms with van der Waals surface area (Å²) in [5.41, 5.74) is 4.49. The summed E-state index contributed by atoms with van der Waals surface area (Å²) >= 11 is 7.11. The molecule has 0 saturated carbocycles. The minimum absolute atomic E-state index is 0.743. The van der Waals surface area contributed by atoms with Crippen LogP contribution in [0.25, 0.3) is 0 Å². The number of aromatic nitrogens is 2. The maximum absolute atomic E-state index is 4.38. The standard InChI is InChI=1S/C13H15Br2N3/c1-8-4-5-10(6-11(8)14)16-7-12-13(15)9(2)17-18(12)3/h4-6,16H,7H2,1-3H3. The van der Waals surface area contributed by atoms with Crippen LogP contribution >= 0.6 is 31.9 Å². The highest BCUT2D eigenvalue weighted by Crippen LogP contribution is 2.23. The second kappa shape index (κ2) is 5.45. The Labute approximate surface area is 124 Å².